The quantitative estimate of drug-likeness (QED) is 0.444. The lowest BCUT2D eigenvalue weighted by Crippen LogP contribution is -2.20. The van der Waals surface area contributed by atoms with Gasteiger partial charge in [0.05, 0.1) is 0 Å². The van der Waals surface area contributed by atoms with Crippen LogP contribution in [0.4, 0.5) is 0 Å². The summed E-state index contributed by atoms with van der Waals surface area (Å²) < 4.78 is 0. The molecule has 0 aromatic carbocycles. The van der Waals surface area contributed by atoms with Crippen LogP contribution in [0.15, 0.2) is 0 Å². The fraction of sp³-hybridized carbons (Fsp3) is 1.00. The van der Waals surface area contributed by atoms with E-state index in [9.17, 15) is 0 Å². The van der Waals surface area contributed by atoms with Gasteiger partial charge in [-0.3, -0.25) is 0 Å². The van der Waals surface area contributed by atoms with Gasteiger partial charge in [0.25, 0.3) is 0 Å². The molecule has 3 N–H and O–H groups in total. The predicted molar refractivity (Wildman–Crippen MR) is 54.9 cm³/mol. The van der Waals surface area contributed by atoms with E-state index < -0.39 is 29.3 Å². The first-order valence-electron chi connectivity index (χ1n) is 3.99. The predicted octanol–water partition coefficient (Wildman–Crippen LogP) is -2.38. The van der Waals surface area contributed by atoms with Crippen LogP contribution in [-0.2, 0) is 0 Å². The summed E-state index contributed by atoms with van der Waals surface area (Å²) in [5, 5.41) is 0. The first-order valence-corrected chi connectivity index (χ1v) is 8.34. The lowest BCUT2D eigenvalue weighted by molar-refractivity contribution is 0.513. The molecule has 0 spiro atoms. The van der Waals surface area contributed by atoms with Gasteiger partial charge in [0.1, 0.15) is 0 Å². The Bertz CT molecular complexity index is 93.0. The standard InChI is InChI=1S/C5H18O3Si3/c1-3(9-6)5(11-8)4(2)10-7/h3-8H,9-11H2,1-2H3. The van der Waals surface area contributed by atoms with E-state index in [2.05, 4.69) is 0 Å². The molecule has 0 saturated heterocycles. The van der Waals surface area contributed by atoms with E-state index in [1.54, 1.807) is 0 Å². The summed E-state index contributed by atoms with van der Waals surface area (Å²) in [7, 11) is -3.01. The van der Waals surface area contributed by atoms with E-state index >= 15 is 0 Å². The third-order valence-electron chi connectivity index (χ3n) is 2.25. The Kier molecular flexibility index (Phi) is 6.39. The molecule has 68 valence electrons. The van der Waals surface area contributed by atoms with Gasteiger partial charge >= 0.3 is 0 Å². The third kappa shape index (κ3) is 3.63. The van der Waals surface area contributed by atoms with E-state index in [1.807, 2.05) is 13.8 Å². The fourth-order valence-corrected chi connectivity index (χ4v) is 5.56. The van der Waals surface area contributed by atoms with Crippen molar-refractivity contribution in [1.29, 1.82) is 0 Å². The van der Waals surface area contributed by atoms with E-state index in [-0.39, 0.29) is 5.54 Å². The second-order valence-electron chi connectivity index (χ2n) is 3.17. The normalized spacial score (nSPS) is 22.6. The van der Waals surface area contributed by atoms with Crippen LogP contribution >= 0.6 is 0 Å². The van der Waals surface area contributed by atoms with Gasteiger partial charge < -0.3 is 14.4 Å². The first-order chi connectivity index (χ1) is 5.17. The molecule has 2 atom stereocenters. The molecule has 0 aliphatic heterocycles. The largest absolute Gasteiger partial charge is 0.438 e. The fourth-order valence-electron chi connectivity index (χ4n) is 1.19. The minimum absolute atomic E-state index is 0.267. The van der Waals surface area contributed by atoms with E-state index in [0.717, 1.165) is 0 Å². The van der Waals surface area contributed by atoms with Gasteiger partial charge in [-0.05, 0) is 16.6 Å². The van der Waals surface area contributed by atoms with Gasteiger partial charge in [-0.1, -0.05) is 13.8 Å². The van der Waals surface area contributed by atoms with Crippen LogP contribution in [0.5, 0.6) is 0 Å². The lowest BCUT2D eigenvalue weighted by Gasteiger charge is -2.23. The molecule has 11 heavy (non-hydrogen) atoms. The van der Waals surface area contributed by atoms with Crippen LogP contribution in [0.2, 0.25) is 16.6 Å². The van der Waals surface area contributed by atoms with Crippen LogP contribution < -0.4 is 0 Å². The monoisotopic (exact) mass is 210 g/mol. The molecular weight excluding hydrogens is 192 g/mol. The maximum atomic E-state index is 9.09. The highest BCUT2D eigenvalue weighted by Crippen LogP contribution is 2.32. The van der Waals surface area contributed by atoms with Crippen LogP contribution in [0, 0.1) is 0 Å². The molecule has 0 fully saturated rings. The molecule has 0 rings (SSSR count). The van der Waals surface area contributed by atoms with Gasteiger partial charge in [0, 0.05) is 0 Å². The number of hydrogen-bond donors (Lipinski definition) is 3. The van der Waals surface area contributed by atoms with Crippen molar-refractivity contribution in [2.45, 2.75) is 30.5 Å². The van der Waals surface area contributed by atoms with Crippen molar-refractivity contribution in [3.05, 3.63) is 0 Å². The second kappa shape index (κ2) is 6.09. The molecule has 0 bridgehead atoms. The van der Waals surface area contributed by atoms with Gasteiger partial charge in [-0.15, -0.1) is 0 Å². The molecule has 0 aliphatic carbocycles. The average molecular weight is 210 g/mol. The summed E-state index contributed by atoms with van der Waals surface area (Å²) in [6, 6.07) is 0. The van der Waals surface area contributed by atoms with Crippen molar-refractivity contribution >= 4 is 29.3 Å². The minimum Gasteiger partial charge on any atom is -0.438 e. The zero-order chi connectivity index (χ0) is 8.85. The van der Waals surface area contributed by atoms with Gasteiger partial charge in [-0.25, -0.2) is 0 Å². The Morgan fingerprint density at radius 2 is 1.18 bits per heavy atom. The third-order valence-corrected chi connectivity index (χ3v) is 7.98. The van der Waals surface area contributed by atoms with Crippen molar-refractivity contribution in [2.75, 3.05) is 0 Å². The SMILES string of the molecule is CC([SiH2]O)C([SiH2]O)C(C)[SiH2]O. The van der Waals surface area contributed by atoms with E-state index in [0.29, 0.717) is 11.1 Å². The summed E-state index contributed by atoms with van der Waals surface area (Å²) in [6.45, 7) is 3.97. The minimum atomic E-state index is -1.04. The molecule has 6 heteroatoms. The molecule has 0 amide bonds. The van der Waals surface area contributed by atoms with Crippen molar-refractivity contribution in [1.82, 2.24) is 0 Å². The number of hydrogen-bond acceptors (Lipinski definition) is 3. The molecule has 0 saturated carbocycles. The smallest absolute Gasteiger partial charge is 0.159 e. The summed E-state index contributed by atoms with van der Waals surface area (Å²) in [4.78, 5) is 27.0. The highest BCUT2D eigenvalue weighted by Gasteiger charge is 2.22. The van der Waals surface area contributed by atoms with Crippen LogP contribution in [-0.4, -0.2) is 43.7 Å². The zero-order valence-corrected chi connectivity index (χ0v) is 11.4. The van der Waals surface area contributed by atoms with Crippen LogP contribution in [0.1, 0.15) is 13.8 Å². The molecule has 0 aromatic heterocycles. The molecule has 0 heterocycles. The van der Waals surface area contributed by atoms with Crippen molar-refractivity contribution in [3.63, 3.8) is 0 Å². The van der Waals surface area contributed by atoms with Crippen LogP contribution in [0.3, 0.4) is 0 Å². The summed E-state index contributed by atoms with van der Waals surface area (Å²) >= 11 is 0. The van der Waals surface area contributed by atoms with Crippen molar-refractivity contribution < 1.29 is 14.4 Å². The Hall–Kier alpha value is 0.531. The Labute approximate surface area is 74.7 Å². The lowest BCUT2D eigenvalue weighted by atomic mass is 10.2. The summed E-state index contributed by atoms with van der Waals surface area (Å²) in [5.41, 5.74) is 0.853. The van der Waals surface area contributed by atoms with Gasteiger partial charge in [0.2, 0.25) is 0 Å². The highest BCUT2D eigenvalue weighted by molar-refractivity contribution is 6.40. The van der Waals surface area contributed by atoms with E-state index in [1.165, 1.54) is 0 Å². The Balaban J connectivity index is 3.92. The van der Waals surface area contributed by atoms with Crippen molar-refractivity contribution in [2.24, 2.45) is 0 Å². The summed E-state index contributed by atoms with van der Waals surface area (Å²) in [6.07, 6.45) is 0. The zero-order valence-electron chi connectivity index (χ0n) is 7.20. The molecule has 2 unspecified atom stereocenters. The molecule has 0 radical (unpaired) electrons. The van der Waals surface area contributed by atoms with Gasteiger partial charge in [-0.2, -0.15) is 0 Å². The molecule has 0 aromatic rings. The second-order valence-corrected chi connectivity index (χ2v) is 7.78. The molecular formula is C5H18O3Si3. The molecule has 3 nitrogen and oxygen atoms in total. The topological polar surface area (TPSA) is 60.7 Å². The Morgan fingerprint density at radius 1 is 0.818 bits per heavy atom. The Morgan fingerprint density at radius 3 is 1.36 bits per heavy atom. The summed E-state index contributed by atoms with van der Waals surface area (Å²) in [5.74, 6) is 0. The number of rotatable bonds is 5. The van der Waals surface area contributed by atoms with Crippen LogP contribution in [0.25, 0.3) is 0 Å². The highest BCUT2D eigenvalue weighted by atomic mass is 28.2. The maximum absolute atomic E-state index is 9.09. The first kappa shape index (κ1) is 11.5. The van der Waals surface area contributed by atoms with E-state index in [4.69, 9.17) is 14.4 Å². The van der Waals surface area contributed by atoms with Gasteiger partial charge in [0.15, 0.2) is 29.3 Å². The van der Waals surface area contributed by atoms with Crippen molar-refractivity contribution in [3.8, 4) is 0 Å². The molecule has 0 aliphatic rings. The maximum Gasteiger partial charge on any atom is 0.159 e. The average Bonchev–Trinajstić information content (AvgIpc) is 2.05.